The minimum Gasteiger partial charge on any atom is -0.359 e. The van der Waals surface area contributed by atoms with Gasteiger partial charge in [0.2, 0.25) is 0 Å². The molecule has 13 rings (SSSR count). The molecule has 0 amide bonds. The number of halogens is 4. The van der Waals surface area contributed by atoms with Crippen LogP contribution in [-0.4, -0.2) is 14.0 Å². The molecule has 1 aliphatic carbocycles. The first-order chi connectivity index (χ1) is 32.6. The number of anilines is 8. The van der Waals surface area contributed by atoms with Crippen LogP contribution < -0.4 is 30.2 Å². The first kappa shape index (κ1) is 40.0. The molecule has 4 nitrogen and oxygen atoms in total. The summed E-state index contributed by atoms with van der Waals surface area (Å²) >= 11 is 3.38. The van der Waals surface area contributed by atoms with Crippen molar-refractivity contribution in [3.05, 3.63) is 216 Å². The van der Waals surface area contributed by atoms with Crippen LogP contribution in [0.3, 0.4) is 0 Å². The zero-order chi connectivity index (χ0) is 45.3. The van der Waals surface area contributed by atoms with Crippen LogP contribution in [0.5, 0.6) is 0 Å². The molecule has 0 saturated heterocycles. The first-order valence-corrected chi connectivity index (χ1v) is 23.8. The Morgan fingerprint density at radius 2 is 0.716 bits per heavy atom. The number of thiophene rings is 2. The minimum absolute atomic E-state index is 0.314. The Morgan fingerprint density at radius 3 is 1.07 bits per heavy atom. The van der Waals surface area contributed by atoms with Gasteiger partial charge in [0.25, 0.3) is 0 Å². The molecular formula is C55H36B2F4N4S2. The molecule has 0 saturated carbocycles. The molecule has 0 radical (unpaired) electrons. The number of hydrogen-bond acceptors (Lipinski definition) is 6. The van der Waals surface area contributed by atoms with Gasteiger partial charge in [-0.3, -0.25) is 0 Å². The molecule has 0 atom stereocenters. The quantitative estimate of drug-likeness (QED) is 0.122. The SMILES string of the molecule is CC1(C)c2cc(B3N(c4ccc(F)cc4)c4sc5ccccc5c4N3c3ccc(F)cc3)ccc2-c2ccc(B3N(c4ccc(F)cc4)c4sc5ccccc5c4N3c3ccc(F)cc3)cc21. The van der Waals surface area contributed by atoms with Crippen LogP contribution in [0.15, 0.2) is 182 Å². The molecule has 2 aliphatic heterocycles. The van der Waals surface area contributed by atoms with E-state index in [-0.39, 0.29) is 23.3 Å². The summed E-state index contributed by atoms with van der Waals surface area (Å²) in [6.07, 6.45) is 0. The van der Waals surface area contributed by atoms with Gasteiger partial charge in [-0.2, -0.15) is 0 Å². The van der Waals surface area contributed by atoms with Gasteiger partial charge in [0.1, 0.15) is 33.3 Å². The fraction of sp³-hybridized carbons (Fsp3) is 0.0545. The van der Waals surface area contributed by atoms with E-state index in [2.05, 4.69) is 93.8 Å². The Bertz CT molecular complexity index is 3360. The standard InChI is InChI=1S/C55H36B2F4N4S2/c1-55(2)47-31-33(56-62(39-21-13-35(58)14-22-39)51-45-7-3-5-9-49(45)66-53(51)64(56)41-25-17-37(60)18-26-41)11-29-43(47)44-30-12-34(32-48(44)55)57-63(40-23-15-36(59)16-24-40)52-46-8-4-6-10-50(46)67-54(52)65(57)42-27-19-38(61)20-28-42/h3-32H,1-2H3. The van der Waals surface area contributed by atoms with Crippen molar-refractivity contribution < 1.29 is 17.6 Å². The predicted octanol–water partition coefficient (Wildman–Crippen LogP) is 14.3. The fourth-order valence-electron chi connectivity index (χ4n) is 10.7. The number of benzene rings is 8. The third-order valence-corrected chi connectivity index (χ3v) is 16.1. The van der Waals surface area contributed by atoms with E-state index in [1.165, 1.54) is 48.5 Å². The summed E-state index contributed by atoms with van der Waals surface area (Å²) < 4.78 is 60.7. The maximum atomic E-state index is 14.6. The van der Waals surface area contributed by atoms with Crippen molar-refractivity contribution in [1.29, 1.82) is 0 Å². The predicted molar refractivity (Wildman–Crippen MR) is 273 cm³/mol. The highest BCUT2D eigenvalue weighted by molar-refractivity contribution is 7.26. The van der Waals surface area contributed by atoms with E-state index in [4.69, 9.17) is 0 Å². The maximum absolute atomic E-state index is 14.6. The highest BCUT2D eigenvalue weighted by Gasteiger charge is 2.49. The summed E-state index contributed by atoms with van der Waals surface area (Å²) in [5, 5.41) is 4.20. The smallest absolute Gasteiger partial charge is 0.359 e. The van der Waals surface area contributed by atoms with E-state index >= 15 is 0 Å². The van der Waals surface area contributed by atoms with Crippen molar-refractivity contribution in [2.45, 2.75) is 19.3 Å². The second-order valence-electron chi connectivity index (χ2n) is 17.9. The van der Waals surface area contributed by atoms with E-state index in [1.807, 2.05) is 72.8 Å². The molecule has 67 heavy (non-hydrogen) atoms. The Labute approximate surface area is 393 Å². The number of fused-ring (bicyclic) bond motifs is 9. The van der Waals surface area contributed by atoms with Crippen molar-refractivity contribution in [2.75, 3.05) is 19.2 Å². The van der Waals surface area contributed by atoms with Crippen LogP contribution in [0.25, 0.3) is 31.3 Å². The van der Waals surface area contributed by atoms with Gasteiger partial charge in [0, 0.05) is 48.3 Å². The van der Waals surface area contributed by atoms with E-state index in [0.717, 1.165) is 97.5 Å². The highest BCUT2D eigenvalue weighted by atomic mass is 32.1. The molecule has 3 aliphatic rings. The highest BCUT2D eigenvalue weighted by Crippen LogP contribution is 2.57. The summed E-state index contributed by atoms with van der Waals surface area (Å²) in [4.78, 5) is 9.16. The molecule has 0 fully saturated rings. The molecule has 0 bridgehead atoms. The van der Waals surface area contributed by atoms with E-state index in [9.17, 15) is 17.6 Å². The maximum Gasteiger partial charge on any atom is 0.421 e. The zero-order valence-corrected chi connectivity index (χ0v) is 37.7. The number of nitrogens with zero attached hydrogens (tertiary/aromatic N) is 4. The molecular weight excluding hydrogens is 878 g/mol. The van der Waals surface area contributed by atoms with Gasteiger partial charge >= 0.3 is 14.0 Å². The average molecular weight is 915 g/mol. The fourth-order valence-corrected chi connectivity index (χ4v) is 13.2. The number of rotatable bonds is 6. The van der Waals surface area contributed by atoms with E-state index in [1.54, 1.807) is 22.7 Å². The third kappa shape index (κ3) is 6.05. The van der Waals surface area contributed by atoms with Gasteiger partial charge < -0.3 is 19.2 Å². The molecule has 10 aromatic rings. The summed E-state index contributed by atoms with van der Waals surface area (Å²) in [5.41, 5.74) is 11.6. The van der Waals surface area contributed by atoms with Crippen LogP contribution in [0.4, 0.5) is 61.7 Å². The van der Waals surface area contributed by atoms with E-state index in [0.29, 0.717) is 0 Å². The lowest BCUT2D eigenvalue weighted by atomic mass is 9.62. The largest absolute Gasteiger partial charge is 0.421 e. The lowest BCUT2D eigenvalue weighted by molar-refractivity contribution is 0.627. The van der Waals surface area contributed by atoms with Crippen molar-refractivity contribution >= 4 is 112 Å². The van der Waals surface area contributed by atoms with Crippen molar-refractivity contribution in [1.82, 2.24) is 0 Å². The minimum atomic E-state index is -0.467. The Hall–Kier alpha value is -7.27. The number of hydrogen-bond donors (Lipinski definition) is 0. The summed E-state index contributed by atoms with van der Waals surface area (Å²) in [7, 11) is 0. The topological polar surface area (TPSA) is 13.0 Å². The lowest BCUT2D eigenvalue weighted by Gasteiger charge is -2.32. The average Bonchev–Trinajstić information content (AvgIpc) is 4.12. The second kappa shape index (κ2) is 14.9. The molecule has 12 heteroatoms. The molecule has 2 aromatic heterocycles. The van der Waals surface area contributed by atoms with Crippen molar-refractivity contribution in [3.63, 3.8) is 0 Å². The van der Waals surface area contributed by atoms with Crippen LogP contribution >= 0.6 is 22.7 Å². The van der Waals surface area contributed by atoms with E-state index < -0.39 is 19.4 Å². The third-order valence-electron chi connectivity index (χ3n) is 13.7. The van der Waals surface area contributed by atoms with Crippen LogP contribution in [0, 0.1) is 23.3 Å². The Balaban J connectivity index is 0.969. The summed E-state index contributed by atoms with van der Waals surface area (Å²) in [5.74, 6) is -1.26. The van der Waals surface area contributed by atoms with Gasteiger partial charge in [-0.15, -0.1) is 22.7 Å². The van der Waals surface area contributed by atoms with Crippen molar-refractivity contribution in [3.8, 4) is 11.1 Å². The summed E-state index contributed by atoms with van der Waals surface area (Å²) in [6.45, 7) is 3.74. The molecule has 0 unspecified atom stereocenters. The van der Waals surface area contributed by atoms with Gasteiger partial charge in [0.15, 0.2) is 0 Å². The zero-order valence-electron chi connectivity index (χ0n) is 36.1. The lowest BCUT2D eigenvalue weighted by Crippen LogP contribution is -2.53. The Kier molecular flexibility index (Phi) is 8.89. The van der Waals surface area contributed by atoms with Gasteiger partial charge in [-0.05, 0) is 142 Å². The molecule has 322 valence electrons. The first-order valence-electron chi connectivity index (χ1n) is 22.1. The molecule has 4 heterocycles. The van der Waals surface area contributed by atoms with Crippen LogP contribution in [0.2, 0.25) is 0 Å². The summed E-state index contributed by atoms with van der Waals surface area (Å²) in [6, 6.07) is 56.8. The second-order valence-corrected chi connectivity index (χ2v) is 19.9. The molecule has 0 spiro atoms. The normalized spacial score (nSPS) is 14.7. The molecule has 8 aromatic carbocycles. The monoisotopic (exact) mass is 914 g/mol. The van der Waals surface area contributed by atoms with Crippen LogP contribution in [0.1, 0.15) is 25.0 Å². The van der Waals surface area contributed by atoms with Gasteiger partial charge in [-0.25, -0.2) is 17.6 Å². The Morgan fingerprint density at radius 1 is 0.388 bits per heavy atom. The molecule has 0 N–H and O–H groups in total. The van der Waals surface area contributed by atoms with Crippen molar-refractivity contribution in [2.24, 2.45) is 0 Å². The van der Waals surface area contributed by atoms with Gasteiger partial charge in [0.05, 0.1) is 11.4 Å². The van der Waals surface area contributed by atoms with Gasteiger partial charge in [-0.1, -0.05) is 86.6 Å². The van der Waals surface area contributed by atoms with Crippen LogP contribution in [-0.2, 0) is 5.41 Å².